The van der Waals surface area contributed by atoms with Gasteiger partial charge in [-0.15, -0.1) is 0 Å². The van der Waals surface area contributed by atoms with Crippen molar-refractivity contribution in [3.8, 4) is 5.75 Å². The Kier molecular flexibility index (Phi) is 6.23. The summed E-state index contributed by atoms with van der Waals surface area (Å²) in [5, 5.41) is 0.761. The van der Waals surface area contributed by atoms with Crippen molar-refractivity contribution in [3.05, 3.63) is 75.3 Å². The Morgan fingerprint density at radius 2 is 2.03 bits per heavy atom. The zero-order valence-electron chi connectivity index (χ0n) is 20.2. The molecule has 2 N–H and O–H groups in total. The van der Waals surface area contributed by atoms with Crippen LogP contribution in [0.1, 0.15) is 44.4 Å². The highest BCUT2D eigenvalue weighted by Crippen LogP contribution is 2.46. The Morgan fingerprint density at radius 3 is 2.74 bits per heavy atom. The lowest BCUT2D eigenvalue weighted by Gasteiger charge is -2.43. The Morgan fingerprint density at radius 1 is 1.26 bits per heavy atom. The van der Waals surface area contributed by atoms with E-state index >= 15 is 0 Å². The molecule has 1 unspecified atom stereocenters. The Labute approximate surface area is 202 Å². The van der Waals surface area contributed by atoms with E-state index in [-0.39, 0.29) is 6.42 Å². The fourth-order valence-electron chi connectivity index (χ4n) is 4.39. The number of hydrogen-bond donors (Lipinski definition) is 1. The summed E-state index contributed by atoms with van der Waals surface area (Å²) in [4.78, 5) is 40.0. The predicted molar refractivity (Wildman–Crippen MR) is 131 cm³/mol. The van der Waals surface area contributed by atoms with Gasteiger partial charge in [0.05, 0.1) is 0 Å². The summed E-state index contributed by atoms with van der Waals surface area (Å²) in [6.45, 7) is 7.08. The van der Waals surface area contributed by atoms with E-state index in [2.05, 4.69) is 4.98 Å². The molecule has 2 aromatic heterocycles. The highest BCUT2D eigenvalue weighted by molar-refractivity contribution is 5.88. The van der Waals surface area contributed by atoms with Crippen LogP contribution in [0.5, 0.6) is 5.75 Å². The van der Waals surface area contributed by atoms with E-state index < -0.39 is 22.8 Å². The molecule has 3 heterocycles. The normalized spacial score (nSPS) is 17.7. The Hall–Kier alpha value is -3.94. The zero-order valence-corrected chi connectivity index (χ0v) is 20.2. The number of aldehydes is 1. The van der Waals surface area contributed by atoms with Crippen LogP contribution >= 0.6 is 0 Å². The van der Waals surface area contributed by atoms with Gasteiger partial charge in [-0.05, 0) is 62.6 Å². The lowest BCUT2D eigenvalue weighted by atomic mass is 9.76. The van der Waals surface area contributed by atoms with Crippen molar-refractivity contribution in [3.63, 3.8) is 0 Å². The first kappa shape index (κ1) is 24.2. The largest absolute Gasteiger partial charge is 0.482 e. The van der Waals surface area contributed by atoms with Crippen molar-refractivity contribution in [1.29, 1.82) is 0 Å². The first-order chi connectivity index (χ1) is 16.6. The maximum atomic E-state index is 12.8. The molecule has 1 aromatic carbocycles. The van der Waals surface area contributed by atoms with Crippen molar-refractivity contribution < 1.29 is 23.5 Å². The Balaban J connectivity index is 1.83. The van der Waals surface area contributed by atoms with Crippen LogP contribution in [0.4, 0.5) is 5.82 Å². The second-order valence-electron chi connectivity index (χ2n) is 9.32. The standard InChI is InChI=1S/C27H28N2O6/c1-5-16(2)25(32)35-26(3,4)27(13-19-11-23(28)29-15-18(19)8-9-30)14-20-10-17-6-7-24(31)33-21(17)12-22(20)34-27/h5-7,9-12,15H,8,13-14H2,1-4H3,(H2,28,29). The fraction of sp³-hybridized carbons (Fsp3) is 0.333. The SMILES string of the molecule is CC=C(C)C(=O)OC(C)(C)C1(Cc2cc(N)ncc2CC=O)Cc2cc3ccc(=O)oc3cc2O1. The molecule has 0 fully saturated rings. The number of hydrogen-bond acceptors (Lipinski definition) is 8. The number of ether oxygens (including phenoxy) is 2. The van der Waals surface area contributed by atoms with Gasteiger partial charge in [0.1, 0.15) is 29.0 Å². The maximum Gasteiger partial charge on any atom is 0.336 e. The maximum absolute atomic E-state index is 12.8. The monoisotopic (exact) mass is 476 g/mol. The van der Waals surface area contributed by atoms with Gasteiger partial charge in [0.2, 0.25) is 0 Å². The number of allylic oxidation sites excluding steroid dienone is 1. The van der Waals surface area contributed by atoms with Gasteiger partial charge in [-0.1, -0.05) is 6.08 Å². The molecule has 0 amide bonds. The molecule has 0 bridgehead atoms. The minimum atomic E-state index is -1.10. The van der Waals surface area contributed by atoms with E-state index in [0.29, 0.717) is 35.6 Å². The number of nitrogen functional groups attached to an aromatic ring is 1. The lowest BCUT2D eigenvalue weighted by molar-refractivity contribution is -0.174. The van der Waals surface area contributed by atoms with E-state index in [4.69, 9.17) is 19.6 Å². The number of carbonyl (C=O) groups excluding carboxylic acids is 2. The molecule has 0 aliphatic carbocycles. The van der Waals surface area contributed by atoms with E-state index in [0.717, 1.165) is 28.4 Å². The van der Waals surface area contributed by atoms with Gasteiger partial charge in [0.15, 0.2) is 5.60 Å². The summed E-state index contributed by atoms with van der Waals surface area (Å²) < 4.78 is 17.9. The van der Waals surface area contributed by atoms with Crippen LogP contribution < -0.4 is 16.1 Å². The van der Waals surface area contributed by atoms with Gasteiger partial charge in [0, 0.05) is 48.6 Å². The third-order valence-corrected chi connectivity index (χ3v) is 6.67. The molecule has 8 nitrogen and oxygen atoms in total. The third-order valence-electron chi connectivity index (χ3n) is 6.67. The van der Waals surface area contributed by atoms with Gasteiger partial charge in [-0.25, -0.2) is 14.6 Å². The lowest BCUT2D eigenvalue weighted by Crippen LogP contribution is -2.58. The smallest absolute Gasteiger partial charge is 0.336 e. The number of rotatable bonds is 7. The van der Waals surface area contributed by atoms with E-state index in [1.165, 1.54) is 6.07 Å². The third kappa shape index (κ3) is 4.56. The summed E-state index contributed by atoms with van der Waals surface area (Å²) in [5.74, 6) is 0.403. The number of esters is 1. The molecule has 0 spiro atoms. The van der Waals surface area contributed by atoms with Crippen LogP contribution in [0.15, 0.2) is 57.4 Å². The second kappa shape index (κ2) is 9.02. The van der Waals surface area contributed by atoms with Crippen molar-refractivity contribution >= 4 is 29.0 Å². The highest BCUT2D eigenvalue weighted by atomic mass is 16.6. The summed E-state index contributed by atoms with van der Waals surface area (Å²) in [6.07, 6.45) is 4.96. The van der Waals surface area contributed by atoms with Gasteiger partial charge < -0.3 is 24.4 Å². The topological polar surface area (TPSA) is 122 Å². The van der Waals surface area contributed by atoms with Crippen LogP contribution in [0.25, 0.3) is 11.0 Å². The molecule has 1 atom stereocenters. The van der Waals surface area contributed by atoms with Crippen LogP contribution in [0.2, 0.25) is 0 Å². The number of nitrogens with zero attached hydrogens (tertiary/aromatic N) is 1. The molecular formula is C27H28N2O6. The van der Waals surface area contributed by atoms with Crippen molar-refractivity contribution in [2.75, 3.05) is 5.73 Å². The number of carbonyl (C=O) groups is 2. The second-order valence-corrected chi connectivity index (χ2v) is 9.32. The average molecular weight is 477 g/mol. The number of benzene rings is 1. The van der Waals surface area contributed by atoms with Gasteiger partial charge in [0.25, 0.3) is 0 Å². The number of anilines is 1. The predicted octanol–water partition coefficient (Wildman–Crippen LogP) is 3.72. The fourth-order valence-corrected chi connectivity index (χ4v) is 4.39. The molecule has 0 saturated heterocycles. The van der Waals surface area contributed by atoms with Gasteiger partial charge >= 0.3 is 11.6 Å². The summed E-state index contributed by atoms with van der Waals surface area (Å²) >= 11 is 0. The van der Waals surface area contributed by atoms with Crippen molar-refractivity contribution in [2.24, 2.45) is 0 Å². The molecule has 182 valence electrons. The molecule has 1 aliphatic rings. The number of nitrogens with two attached hydrogens (primary N) is 1. The van der Waals surface area contributed by atoms with Crippen LogP contribution in [-0.4, -0.2) is 28.4 Å². The minimum absolute atomic E-state index is 0.165. The molecule has 0 saturated carbocycles. The Bertz CT molecular complexity index is 1400. The summed E-state index contributed by atoms with van der Waals surface area (Å²) in [7, 11) is 0. The van der Waals surface area contributed by atoms with Crippen molar-refractivity contribution in [2.45, 2.75) is 58.2 Å². The van der Waals surface area contributed by atoms with Gasteiger partial charge in [-0.3, -0.25) is 0 Å². The number of pyridine rings is 1. The molecule has 3 aromatic rings. The van der Waals surface area contributed by atoms with Crippen LogP contribution in [0.3, 0.4) is 0 Å². The summed E-state index contributed by atoms with van der Waals surface area (Å²) in [6, 6.07) is 8.40. The zero-order chi connectivity index (χ0) is 25.4. The molecule has 1 aliphatic heterocycles. The van der Waals surface area contributed by atoms with Gasteiger partial charge in [-0.2, -0.15) is 0 Å². The minimum Gasteiger partial charge on any atom is -0.482 e. The highest BCUT2D eigenvalue weighted by Gasteiger charge is 2.54. The average Bonchev–Trinajstić information content (AvgIpc) is 3.17. The van der Waals surface area contributed by atoms with Crippen LogP contribution in [-0.2, 0) is 33.6 Å². The first-order valence-electron chi connectivity index (χ1n) is 11.4. The quantitative estimate of drug-likeness (QED) is 0.237. The summed E-state index contributed by atoms with van der Waals surface area (Å²) in [5.41, 5.74) is 6.65. The van der Waals surface area contributed by atoms with E-state index in [9.17, 15) is 14.4 Å². The molecule has 4 rings (SSSR count). The number of fused-ring (bicyclic) bond motifs is 2. The van der Waals surface area contributed by atoms with Crippen LogP contribution in [0, 0.1) is 0 Å². The molecule has 35 heavy (non-hydrogen) atoms. The molecule has 8 heteroatoms. The van der Waals surface area contributed by atoms with Crippen molar-refractivity contribution in [1.82, 2.24) is 4.98 Å². The van der Waals surface area contributed by atoms with E-state index in [1.807, 2.05) is 19.9 Å². The first-order valence-corrected chi connectivity index (χ1v) is 11.4. The van der Waals surface area contributed by atoms with E-state index in [1.54, 1.807) is 44.3 Å². The molecular weight excluding hydrogens is 448 g/mol. The number of aromatic nitrogens is 1. The molecule has 0 radical (unpaired) electrons.